The quantitative estimate of drug-likeness (QED) is 0.507. The van der Waals surface area contributed by atoms with Crippen LogP contribution in [0.3, 0.4) is 0 Å². The number of hydrogen-bond donors (Lipinski definition) is 1. The zero-order valence-electron chi connectivity index (χ0n) is 18.9. The Morgan fingerprint density at radius 1 is 1.17 bits per heavy atom. The minimum absolute atomic E-state index is 0.141. The molecule has 2 atom stereocenters. The van der Waals surface area contributed by atoms with Crippen molar-refractivity contribution in [2.75, 3.05) is 12.4 Å². The van der Waals surface area contributed by atoms with Gasteiger partial charge in [0.15, 0.2) is 0 Å². The van der Waals surface area contributed by atoms with Gasteiger partial charge in [-0.2, -0.15) is 0 Å². The first kappa shape index (κ1) is 23.8. The van der Waals surface area contributed by atoms with Gasteiger partial charge in [-0.1, -0.05) is 57.2 Å². The van der Waals surface area contributed by atoms with Crippen molar-refractivity contribution >= 4 is 17.7 Å². The van der Waals surface area contributed by atoms with Crippen molar-refractivity contribution in [1.82, 2.24) is 4.90 Å². The average molecular weight is 417 g/mol. The molecule has 0 saturated carbocycles. The molecule has 1 aliphatic heterocycles. The highest BCUT2D eigenvalue weighted by atomic mass is 16.6. The standard InChI is InChI=1S/C24H36N2O4/c1-6-7-8-9-10-13-18(25-19-14-11-12-15-21(19)29-5)20-16-17-22(27)26(20)23(28)30-24(2,3)4/h11-12,14-18,20,25H,6-10,13H2,1-5H3/t18-,20+/m1/s1. The molecule has 0 unspecified atom stereocenters. The minimum Gasteiger partial charge on any atom is -0.495 e. The number of amides is 2. The van der Waals surface area contributed by atoms with Crippen LogP contribution in [-0.4, -0.2) is 41.7 Å². The molecule has 0 bridgehead atoms. The Morgan fingerprint density at radius 2 is 1.87 bits per heavy atom. The molecule has 2 rings (SSSR count). The van der Waals surface area contributed by atoms with E-state index >= 15 is 0 Å². The Labute approximate surface area is 180 Å². The van der Waals surface area contributed by atoms with Crippen LogP contribution in [0.25, 0.3) is 0 Å². The van der Waals surface area contributed by atoms with E-state index < -0.39 is 17.7 Å². The van der Waals surface area contributed by atoms with Gasteiger partial charge in [-0.3, -0.25) is 4.79 Å². The molecule has 6 heteroatoms. The molecule has 0 aliphatic carbocycles. The first-order valence-electron chi connectivity index (χ1n) is 10.9. The maximum atomic E-state index is 12.8. The molecule has 2 amide bonds. The molecular weight excluding hydrogens is 380 g/mol. The van der Waals surface area contributed by atoms with Crippen molar-refractivity contribution in [1.29, 1.82) is 0 Å². The van der Waals surface area contributed by atoms with Gasteiger partial charge in [0.05, 0.1) is 24.9 Å². The Kier molecular flexibility index (Phi) is 8.75. The number of rotatable bonds is 10. The number of carbonyl (C=O) groups excluding carboxylic acids is 2. The maximum Gasteiger partial charge on any atom is 0.417 e. The molecule has 0 spiro atoms. The number of nitrogens with one attached hydrogen (secondary N) is 1. The maximum absolute atomic E-state index is 12.8. The second-order valence-electron chi connectivity index (χ2n) is 8.69. The summed E-state index contributed by atoms with van der Waals surface area (Å²) < 4.78 is 11.0. The molecule has 0 aromatic heterocycles. The summed E-state index contributed by atoms with van der Waals surface area (Å²) >= 11 is 0. The smallest absolute Gasteiger partial charge is 0.417 e. The SMILES string of the molecule is CCCCCCC[C@@H](Nc1ccccc1OC)[C@@H]1C=CC(=O)N1C(=O)OC(C)(C)C. The number of hydrogen-bond acceptors (Lipinski definition) is 5. The predicted octanol–water partition coefficient (Wildman–Crippen LogP) is 5.54. The number of carbonyl (C=O) groups is 2. The minimum atomic E-state index is -0.670. The summed E-state index contributed by atoms with van der Waals surface area (Å²) in [6.07, 6.45) is 9.19. The van der Waals surface area contributed by atoms with Gasteiger partial charge in [0.1, 0.15) is 11.4 Å². The topological polar surface area (TPSA) is 67.9 Å². The van der Waals surface area contributed by atoms with Gasteiger partial charge in [0.25, 0.3) is 5.91 Å². The number of unbranched alkanes of at least 4 members (excludes halogenated alkanes) is 4. The predicted molar refractivity (Wildman–Crippen MR) is 120 cm³/mol. The van der Waals surface area contributed by atoms with Crippen molar-refractivity contribution in [2.45, 2.75) is 83.9 Å². The van der Waals surface area contributed by atoms with E-state index in [0.29, 0.717) is 0 Å². The lowest BCUT2D eigenvalue weighted by Crippen LogP contribution is -2.49. The highest BCUT2D eigenvalue weighted by Gasteiger charge is 2.39. The van der Waals surface area contributed by atoms with E-state index in [2.05, 4.69) is 12.2 Å². The Morgan fingerprint density at radius 3 is 2.53 bits per heavy atom. The molecule has 0 fully saturated rings. The van der Waals surface area contributed by atoms with Crippen LogP contribution >= 0.6 is 0 Å². The number of imide groups is 1. The van der Waals surface area contributed by atoms with Crippen LogP contribution in [0, 0.1) is 0 Å². The summed E-state index contributed by atoms with van der Waals surface area (Å²) in [6.45, 7) is 7.59. The summed E-state index contributed by atoms with van der Waals surface area (Å²) in [5.74, 6) is 0.387. The monoisotopic (exact) mass is 416 g/mol. The molecule has 0 radical (unpaired) electrons. The van der Waals surface area contributed by atoms with Gasteiger partial charge in [-0.15, -0.1) is 0 Å². The normalized spacial score (nSPS) is 17.2. The molecule has 166 valence electrons. The van der Waals surface area contributed by atoms with Crippen LogP contribution in [0.5, 0.6) is 5.75 Å². The molecule has 0 saturated heterocycles. The summed E-state index contributed by atoms with van der Waals surface area (Å²) in [4.78, 5) is 26.5. The number of para-hydroxylation sites is 2. The van der Waals surface area contributed by atoms with E-state index in [4.69, 9.17) is 9.47 Å². The van der Waals surface area contributed by atoms with E-state index in [1.807, 2.05) is 24.3 Å². The lowest BCUT2D eigenvalue weighted by Gasteiger charge is -2.33. The van der Waals surface area contributed by atoms with Gasteiger partial charge < -0.3 is 14.8 Å². The Balaban J connectivity index is 2.21. The van der Waals surface area contributed by atoms with E-state index in [-0.39, 0.29) is 11.9 Å². The van der Waals surface area contributed by atoms with Crippen molar-refractivity contribution in [3.63, 3.8) is 0 Å². The molecular formula is C24H36N2O4. The van der Waals surface area contributed by atoms with Gasteiger partial charge in [0, 0.05) is 6.08 Å². The second-order valence-corrected chi connectivity index (χ2v) is 8.69. The third-order valence-electron chi connectivity index (χ3n) is 5.04. The number of benzene rings is 1. The lowest BCUT2D eigenvalue weighted by molar-refractivity contribution is -0.125. The van der Waals surface area contributed by atoms with E-state index in [0.717, 1.165) is 30.7 Å². The van der Waals surface area contributed by atoms with E-state index in [9.17, 15) is 9.59 Å². The summed E-state index contributed by atoms with van der Waals surface area (Å²) in [7, 11) is 1.63. The van der Waals surface area contributed by atoms with Crippen LogP contribution in [0.2, 0.25) is 0 Å². The van der Waals surface area contributed by atoms with E-state index in [1.165, 1.54) is 30.2 Å². The van der Waals surface area contributed by atoms with Crippen LogP contribution < -0.4 is 10.1 Å². The zero-order chi connectivity index (χ0) is 22.1. The Bertz CT molecular complexity index is 739. The molecule has 1 aromatic rings. The summed E-state index contributed by atoms with van der Waals surface area (Å²) in [5.41, 5.74) is 0.173. The van der Waals surface area contributed by atoms with Gasteiger partial charge >= 0.3 is 6.09 Å². The van der Waals surface area contributed by atoms with Crippen LogP contribution in [-0.2, 0) is 9.53 Å². The van der Waals surface area contributed by atoms with Gasteiger partial charge in [-0.05, 0) is 39.3 Å². The van der Waals surface area contributed by atoms with Crippen molar-refractivity contribution in [3.8, 4) is 5.75 Å². The number of anilines is 1. The molecule has 30 heavy (non-hydrogen) atoms. The molecule has 6 nitrogen and oxygen atoms in total. The summed E-state index contributed by atoms with van der Waals surface area (Å²) in [6, 6.07) is 7.13. The lowest BCUT2D eigenvalue weighted by atomic mass is 9.99. The molecule has 1 aromatic carbocycles. The zero-order valence-corrected chi connectivity index (χ0v) is 18.9. The van der Waals surface area contributed by atoms with Crippen molar-refractivity contribution in [3.05, 3.63) is 36.4 Å². The first-order valence-corrected chi connectivity index (χ1v) is 10.9. The fraction of sp³-hybridized carbons (Fsp3) is 0.583. The fourth-order valence-electron chi connectivity index (χ4n) is 3.59. The van der Waals surface area contributed by atoms with Crippen molar-refractivity contribution < 1.29 is 19.1 Å². The average Bonchev–Trinajstić information content (AvgIpc) is 3.07. The largest absolute Gasteiger partial charge is 0.495 e. The highest BCUT2D eigenvalue weighted by molar-refractivity contribution is 6.01. The number of methoxy groups -OCH3 is 1. The first-order chi connectivity index (χ1) is 14.3. The molecule has 1 N–H and O–H groups in total. The van der Waals surface area contributed by atoms with Gasteiger partial charge in [0.2, 0.25) is 0 Å². The third-order valence-corrected chi connectivity index (χ3v) is 5.04. The van der Waals surface area contributed by atoms with Crippen LogP contribution in [0.15, 0.2) is 36.4 Å². The fourth-order valence-corrected chi connectivity index (χ4v) is 3.59. The van der Waals surface area contributed by atoms with Crippen molar-refractivity contribution in [2.24, 2.45) is 0 Å². The molecule has 1 aliphatic rings. The highest BCUT2D eigenvalue weighted by Crippen LogP contribution is 2.29. The van der Waals surface area contributed by atoms with Crippen LogP contribution in [0.1, 0.15) is 66.2 Å². The summed E-state index contributed by atoms with van der Waals surface area (Å²) in [5, 5.41) is 3.52. The van der Waals surface area contributed by atoms with Crippen LogP contribution in [0.4, 0.5) is 10.5 Å². The third kappa shape index (κ3) is 6.78. The second kappa shape index (κ2) is 11.0. The van der Waals surface area contributed by atoms with E-state index in [1.54, 1.807) is 34.0 Å². The number of nitrogens with zero attached hydrogens (tertiary/aromatic N) is 1. The molecule has 1 heterocycles. The number of ether oxygens (including phenoxy) is 2. The van der Waals surface area contributed by atoms with Gasteiger partial charge in [-0.25, -0.2) is 9.69 Å². The Hall–Kier alpha value is -2.50.